The van der Waals surface area contributed by atoms with Crippen molar-refractivity contribution in [3.05, 3.63) is 53.6 Å². The Morgan fingerprint density at radius 2 is 1.89 bits per heavy atom. The summed E-state index contributed by atoms with van der Waals surface area (Å²) in [6.45, 7) is 1.84. The van der Waals surface area contributed by atoms with E-state index in [1.807, 2.05) is 10.6 Å². The van der Waals surface area contributed by atoms with Gasteiger partial charge in [-0.3, -0.25) is 19.7 Å². The van der Waals surface area contributed by atoms with E-state index in [9.17, 15) is 27.6 Å². The van der Waals surface area contributed by atoms with Gasteiger partial charge < -0.3 is 19.1 Å². The van der Waals surface area contributed by atoms with E-state index in [0.717, 1.165) is 18.5 Å². The van der Waals surface area contributed by atoms with Gasteiger partial charge in [-0.25, -0.2) is 4.98 Å². The van der Waals surface area contributed by atoms with Crippen molar-refractivity contribution >= 4 is 40.9 Å². The van der Waals surface area contributed by atoms with E-state index in [1.54, 1.807) is 21.9 Å². The number of carbonyl (C=O) groups is 3. The Kier molecular flexibility index (Phi) is 6.59. The zero-order chi connectivity index (χ0) is 26.2. The monoisotopic (exact) mass is 515 g/mol. The summed E-state index contributed by atoms with van der Waals surface area (Å²) < 4.78 is 46.6. The number of aromatic nitrogens is 2. The summed E-state index contributed by atoms with van der Waals surface area (Å²) in [5.41, 5.74) is 0.790. The van der Waals surface area contributed by atoms with Crippen LogP contribution in [0, 0.1) is 0 Å². The van der Waals surface area contributed by atoms with Crippen LogP contribution in [-0.4, -0.2) is 65.5 Å². The fourth-order valence-electron chi connectivity index (χ4n) is 4.76. The normalized spacial score (nSPS) is 17.3. The summed E-state index contributed by atoms with van der Waals surface area (Å²) in [4.78, 5) is 44.4. The minimum absolute atomic E-state index is 0.0138. The van der Waals surface area contributed by atoms with Crippen LogP contribution in [-0.2, 0) is 20.5 Å². The van der Waals surface area contributed by atoms with E-state index >= 15 is 0 Å². The topological polar surface area (TPSA) is 96.8 Å². The van der Waals surface area contributed by atoms with Gasteiger partial charge in [-0.1, -0.05) is 6.07 Å². The van der Waals surface area contributed by atoms with Crippen molar-refractivity contribution in [1.82, 2.24) is 14.5 Å². The molecule has 0 aliphatic carbocycles. The first-order chi connectivity index (χ1) is 17.7. The fraction of sp³-hybridized carbons (Fsp3) is 0.360. The van der Waals surface area contributed by atoms with E-state index in [1.165, 1.54) is 12.1 Å². The van der Waals surface area contributed by atoms with Crippen molar-refractivity contribution in [3.63, 3.8) is 0 Å². The average molecular weight is 515 g/mol. The summed E-state index contributed by atoms with van der Waals surface area (Å²) in [6.07, 6.45) is -2.56. The number of rotatable bonds is 5. The van der Waals surface area contributed by atoms with E-state index < -0.39 is 17.6 Å². The number of hydrogen-bond acceptors (Lipinski definition) is 5. The van der Waals surface area contributed by atoms with Crippen LogP contribution >= 0.6 is 0 Å². The summed E-state index contributed by atoms with van der Waals surface area (Å²) >= 11 is 0. The molecule has 1 aromatic heterocycles. The molecule has 0 unspecified atom stereocenters. The van der Waals surface area contributed by atoms with Crippen molar-refractivity contribution in [1.29, 1.82) is 0 Å². The van der Waals surface area contributed by atoms with Crippen LogP contribution in [0.25, 0.3) is 11.0 Å². The number of benzene rings is 2. The molecule has 0 saturated carbocycles. The maximum atomic E-state index is 13.2. The van der Waals surface area contributed by atoms with Crippen LogP contribution in [0.5, 0.6) is 0 Å². The van der Waals surface area contributed by atoms with Crippen LogP contribution in [0.3, 0.4) is 0 Å². The second-order valence-corrected chi connectivity index (χ2v) is 8.98. The molecule has 5 rings (SSSR count). The van der Waals surface area contributed by atoms with Crippen LogP contribution in [0.4, 0.5) is 24.8 Å². The molecule has 2 aromatic carbocycles. The number of nitrogens with one attached hydrogen (secondary N) is 1. The third-order valence-electron chi connectivity index (χ3n) is 6.66. The van der Waals surface area contributed by atoms with Crippen molar-refractivity contribution in [2.45, 2.75) is 25.1 Å². The van der Waals surface area contributed by atoms with Gasteiger partial charge in [0.1, 0.15) is 6.61 Å². The molecule has 3 heterocycles. The smallest absolute Gasteiger partial charge is 0.370 e. The van der Waals surface area contributed by atoms with E-state index in [4.69, 9.17) is 4.74 Å². The first-order valence-corrected chi connectivity index (χ1v) is 11.8. The molecular formula is C25H24F3N5O4. The fourth-order valence-corrected chi connectivity index (χ4v) is 4.76. The molecule has 2 aliphatic heterocycles. The summed E-state index contributed by atoms with van der Waals surface area (Å²) in [7, 11) is 0. The number of fused-ring (bicyclic) bond motifs is 1. The number of morpholine rings is 1. The lowest BCUT2D eigenvalue weighted by Crippen LogP contribution is -2.41. The quantitative estimate of drug-likeness (QED) is 0.525. The first kappa shape index (κ1) is 24.8. The van der Waals surface area contributed by atoms with Crippen molar-refractivity contribution in [2.75, 3.05) is 43.1 Å². The molecule has 3 amide bonds. The lowest BCUT2D eigenvalue weighted by atomic mass is 10.0. The number of hydrogen-bond donors (Lipinski definition) is 1. The Labute approximate surface area is 209 Å². The molecule has 37 heavy (non-hydrogen) atoms. The zero-order valence-electron chi connectivity index (χ0n) is 19.7. The molecular weight excluding hydrogens is 491 g/mol. The van der Waals surface area contributed by atoms with Crippen molar-refractivity contribution < 1.29 is 32.3 Å². The SMILES string of the molecule is O=CN1CCC(n2c(NC(=O)c3cccc(C(F)(F)F)c3)nc3cc(N4CCOCC4=O)ccc32)CC1. The standard InChI is InChI=1S/C25H24F3N5O4/c26-25(27,28)17-3-1-2-16(12-17)23(36)30-24-29-20-13-19(32-10-11-37-14-22(32)35)4-5-21(20)33(24)18-6-8-31(15-34)9-7-18/h1-5,12-13,15,18H,6-11,14H2,(H,29,30,36). The average Bonchev–Trinajstić information content (AvgIpc) is 3.25. The second-order valence-electron chi connectivity index (χ2n) is 8.98. The largest absolute Gasteiger partial charge is 0.416 e. The molecule has 2 aliphatic rings. The molecule has 0 bridgehead atoms. The lowest BCUT2D eigenvalue weighted by molar-refractivity contribution is -0.137. The predicted molar refractivity (Wildman–Crippen MR) is 128 cm³/mol. The molecule has 3 aromatic rings. The number of amides is 3. The van der Waals surface area contributed by atoms with Gasteiger partial charge in [0.2, 0.25) is 12.4 Å². The van der Waals surface area contributed by atoms with Gasteiger partial charge in [0.05, 0.1) is 23.2 Å². The molecule has 9 nitrogen and oxygen atoms in total. The number of likely N-dealkylation sites (tertiary alicyclic amines) is 1. The van der Waals surface area contributed by atoms with Crippen LogP contribution in [0.2, 0.25) is 0 Å². The molecule has 1 N–H and O–H groups in total. The van der Waals surface area contributed by atoms with Crippen LogP contribution in [0.15, 0.2) is 42.5 Å². The Morgan fingerprint density at radius 1 is 1.11 bits per heavy atom. The predicted octanol–water partition coefficient (Wildman–Crippen LogP) is 3.46. The Bertz CT molecular complexity index is 1350. The number of carbonyl (C=O) groups excluding carboxylic acids is 3. The number of imidazole rings is 1. The number of anilines is 2. The van der Waals surface area contributed by atoms with Gasteiger partial charge >= 0.3 is 6.18 Å². The molecule has 0 radical (unpaired) electrons. The maximum Gasteiger partial charge on any atom is 0.416 e. The van der Waals surface area contributed by atoms with Gasteiger partial charge in [-0.05, 0) is 49.2 Å². The Hall–Kier alpha value is -3.93. The van der Waals surface area contributed by atoms with E-state index in [0.29, 0.717) is 55.8 Å². The van der Waals surface area contributed by atoms with Gasteiger partial charge in [0.15, 0.2) is 0 Å². The van der Waals surface area contributed by atoms with E-state index in [2.05, 4.69) is 10.3 Å². The summed E-state index contributed by atoms with van der Waals surface area (Å²) in [6, 6.07) is 9.44. The number of piperidine rings is 1. The molecule has 0 atom stereocenters. The molecule has 2 saturated heterocycles. The number of alkyl halides is 3. The number of nitrogens with zero attached hydrogens (tertiary/aromatic N) is 4. The zero-order valence-corrected chi connectivity index (χ0v) is 19.7. The third-order valence-corrected chi connectivity index (χ3v) is 6.66. The van der Waals surface area contributed by atoms with Gasteiger partial charge in [0.25, 0.3) is 11.8 Å². The van der Waals surface area contributed by atoms with Crippen LogP contribution in [0.1, 0.15) is 34.8 Å². The molecule has 12 heteroatoms. The van der Waals surface area contributed by atoms with Crippen molar-refractivity contribution in [2.24, 2.45) is 0 Å². The summed E-state index contributed by atoms with van der Waals surface area (Å²) in [5.74, 6) is -0.715. The highest BCUT2D eigenvalue weighted by molar-refractivity contribution is 6.04. The molecule has 0 spiro atoms. The van der Waals surface area contributed by atoms with Crippen molar-refractivity contribution in [3.8, 4) is 0 Å². The highest BCUT2D eigenvalue weighted by Gasteiger charge is 2.31. The van der Waals surface area contributed by atoms with Gasteiger partial charge in [0, 0.05) is 36.9 Å². The van der Waals surface area contributed by atoms with E-state index in [-0.39, 0.29) is 30.1 Å². The lowest BCUT2D eigenvalue weighted by Gasteiger charge is -2.31. The van der Waals surface area contributed by atoms with Gasteiger partial charge in [-0.15, -0.1) is 0 Å². The Morgan fingerprint density at radius 3 is 2.59 bits per heavy atom. The first-order valence-electron chi connectivity index (χ1n) is 11.8. The third kappa shape index (κ3) is 5.01. The minimum atomic E-state index is -4.58. The second kappa shape index (κ2) is 9.85. The number of ether oxygens (including phenoxy) is 1. The van der Waals surface area contributed by atoms with Gasteiger partial charge in [-0.2, -0.15) is 13.2 Å². The minimum Gasteiger partial charge on any atom is -0.370 e. The molecule has 194 valence electrons. The Balaban J connectivity index is 1.51. The molecule has 2 fully saturated rings. The number of halogens is 3. The highest BCUT2D eigenvalue weighted by atomic mass is 19.4. The highest BCUT2D eigenvalue weighted by Crippen LogP contribution is 2.34. The summed E-state index contributed by atoms with van der Waals surface area (Å²) in [5, 5.41) is 2.69. The van der Waals surface area contributed by atoms with Crippen LogP contribution < -0.4 is 10.2 Å². The maximum absolute atomic E-state index is 13.2.